The van der Waals surface area contributed by atoms with Gasteiger partial charge in [-0.05, 0) is 25.5 Å². The van der Waals surface area contributed by atoms with Crippen LogP contribution in [-0.2, 0) is 6.54 Å². The summed E-state index contributed by atoms with van der Waals surface area (Å²) < 4.78 is 0. The average Bonchev–Trinajstić information content (AvgIpc) is 2.50. The molecule has 1 fully saturated rings. The van der Waals surface area contributed by atoms with Gasteiger partial charge >= 0.3 is 0 Å². The van der Waals surface area contributed by atoms with Crippen molar-refractivity contribution in [3.8, 4) is 0 Å². The van der Waals surface area contributed by atoms with E-state index in [1.54, 1.807) is 0 Å². The topological polar surface area (TPSA) is 32.5 Å². The van der Waals surface area contributed by atoms with E-state index < -0.39 is 0 Å². The van der Waals surface area contributed by atoms with Crippen molar-refractivity contribution in [3.05, 3.63) is 35.4 Å². The van der Waals surface area contributed by atoms with Crippen LogP contribution in [0.15, 0.2) is 24.3 Å². The number of likely N-dealkylation sites (N-methyl/N-ethyl adjacent to an activating group) is 1. The predicted molar refractivity (Wildman–Crippen MR) is 81.1 cm³/mol. The van der Waals surface area contributed by atoms with Crippen molar-refractivity contribution >= 4 is 0 Å². The van der Waals surface area contributed by atoms with Crippen LogP contribution in [0.1, 0.15) is 18.1 Å². The molecule has 0 bridgehead atoms. The molecule has 1 saturated heterocycles. The number of nitrogens with two attached hydrogens (primary N) is 1. The van der Waals surface area contributed by atoms with Gasteiger partial charge in [-0.1, -0.05) is 36.8 Å². The Hall–Kier alpha value is -0.900. The molecule has 2 atom stereocenters. The van der Waals surface area contributed by atoms with Crippen molar-refractivity contribution in [2.24, 2.45) is 11.7 Å². The summed E-state index contributed by atoms with van der Waals surface area (Å²) in [5, 5.41) is 0. The van der Waals surface area contributed by atoms with Crippen LogP contribution in [0.5, 0.6) is 0 Å². The minimum Gasteiger partial charge on any atom is -0.329 e. The lowest BCUT2D eigenvalue weighted by Gasteiger charge is -2.30. The van der Waals surface area contributed by atoms with E-state index in [2.05, 4.69) is 55.0 Å². The van der Waals surface area contributed by atoms with Crippen molar-refractivity contribution in [3.63, 3.8) is 0 Å². The van der Waals surface area contributed by atoms with Crippen LogP contribution in [0.25, 0.3) is 0 Å². The smallest absolute Gasteiger partial charge is 0.0349 e. The summed E-state index contributed by atoms with van der Waals surface area (Å²) in [7, 11) is 2.20. The highest BCUT2D eigenvalue weighted by molar-refractivity contribution is 5.21. The third kappa shape index (κ3) is 4.03. The maximum absolute atomic E-state index is 5.98. The Bertz CT molecular complexity index is 387. The van der Waals surface area contributed by atoms with E-state index in [0.29, 0.717) is 12.0 Å². The Morgan fingerprint density at radius 3 is 2.47 bits per heavy atom. The molecule has 106 valence electrons. The number of nitrogens with zero attached hydrogens (tertiary/aromatic N) is 2. The summed E-state index contributed by atoms with van der Waals surface area (Å²) in [5.41, 5.74) is 8.69. The van der Waals surface area contributed by atoms with Crippen molar-refractivity contribution in [2.45, 2.75) is 26.4 Å². The maximum Gasteiger partial charge on any atom is 0.0349 e. The first-order valence-electron chi connectivity index (χ1n) is 7.26. The van der Waals surface area contributed by atoms with Gasteiger partial charge in [0.1, 0.15) is 0 Å². The lowest BCUT2D eigenvalue weighted by atomic mass is 10.1. The van der Waals surface area contributed by atoms with Crippen LogP contribution in [0.2, 0.25) is 0 Å². The molecule has 1 aliphatic rings. The molecule has 0 aliphatic carbocycles. The first kappa shape index (κ1) is 14.5. The number of aryl methyl sites for hydroxylation is 1. The number of hydrogen-bond donors (Lipinski definition) is 1. The summed E-state index contributed by atoms with van der Waals surface area (Å²) in [6.07, 6.45) is 0. The van der Waals surface area contributed by atoms with Crippen LogP contribution in [-0.4, -0.2) is 49.1 Å². The Labute approximate surface area is 117 Å². The molecule has 1 aromatic carbocycles. The van der Waals surface area contributed by atoms with Gasteiger partial charge in [-0.3, -0.25) is 4.90 Å². The Kier molecular flexibility index (Phi) is 4.97. The second-order valence-electron chi connectivity index (χ2n) is 6.13. The summed E-state index contributed by atoms with van der Waals surface area (Å²) in [6, 6.07) is 9.33. The van der Waals surface area contributed by atoms with Crippen molar-refractivity contribution in [2.75, 3.05) is 33.2 Å². The number of benzene rings is 1. The summed E-state index contributed by atoms with van der Waals surface area (Å²) in [5.74, 6) is 0.701. The first-order chi connectivity index (χ1) is 9.08. The zero-order chi connectivity index (χ0) is 13.8. The monoisotopic (exact) mass is 261 g/mol. The summed E-state index contributed by atoms with van der Waals surface area (Å²) in [6.45, 7) is 9.60. The van der Waals surface area contributed by atoms with Crippen LogP contribution >= 0.6 is 0 Å². The standard InChI is InChI=1S/C16H27N3/c1-13-4-6-15(7-5-13)11-19-10-14(2)9-18(3)12-16(19)8-17/h4-7,14,16H,8-12,17H2,1-3H3. The fraction of sp³-hybridized carbons (Fsp3) is 0.625. The highest BCUT2D eigenvalue weighted by atomic mass is 15.2. The molecule has 3 nitrogen and oxygen atoms in total. The molecule has 1 aromatic rings. The van der Waals surface area contributed by atoms with Gasteiger partial charge in [0.25, 0.3) is 0 Å². The van der Waals surface area contributed by atoms with E-state index in [-0.39, 0.29) is 0 Å². The normalized spacial score (nSPS) is 26.3. The number of rotatable bonds is 3. The molecule has 0 amide bonds. The lowest BCUT2D eigenvalue weighted by Crippen LogP contribution is -2.44. The van der Waals surface area contributed by atoms with E-state index in [9.17, 15) is 0 Å². The molecule has 3 heteroatoms. The van der Waals surface area contributed by atoms with Gasteiger partial charge in [-0.25, -0.2) is 0 Å². The Morgan fingerprint density at radius 2 is 1.84 bits per heavy atom. The second-order valence-corrected chi connectivity index (χ2v) is 6.13. The van der Waals surface area contributed by atoms with Gasteiger partial charge < -0.3 is 10.6 Å². The van der Waals surface area contributed by atoms with Crippen molar-refractivity contribution in [1.82, 2.24) is 9.80 Å². The Morgan fingerprint density at radius 1 is 1.16 bits per heavy atom. The van der Waals surface area contributed by atoms with E-state index in [1.807, 2.05) is 0 Å². The van der Waals surface area contributed by atoms with E-state index in [1.165, 1.54) is 17.7 Å². The van der Waals surface area contributed by atoms with E-state index >= 15 is 0 Å². The quantitative estimate of drug-likeness (QED) is 0.899. The van der Waals surface area contributed by atoms with Gasteiger partial charge in [0, 0.05) is 38.8 Å². The van der Waals surface area contributed by atoms with Crippen LogP contribution in [0.4, 0.5) is 0 Å². The van der Waals surface area contributed by atoms with E-state index in [4.69, 9.17) is 5.73 Å². The lowest BCUT2D eigenvalue weighted by molar-refractivity contribution is 0.178. The third-order valence-electron chi connectivity index (χ3n) is 3.99. The minimum absolute atomic E-state index is 0.469. The third-order valence-corrected chi connectivity index (χ3v) is 3.99. The number of hydrogen-bond acceptors (Lipinski definition) is 3. The molecule has 2 N–H and O–H groups in total. The molecular formula is C16H27N3. The van der Waals surface area contributed by atoms with Gasteiger partial charge in [-0.2, -0.15) is 0 Å². The van der Waals surface area contributed by atoms with Gasteiger partial charge in [-0.15, -0.1) is 0 Å². The summed E-state index contributed by atoms with van der Waals surface area (Å²) >= 11 is 0. The highest BCUT2D eigenvalue weighted by Gasteiger charge is 2.25. The molecule has 19 heavy (non-hydrogen) atoms. The van der Waals surface area contributed by atoms with Crippen LogP contribution in [0.3, 0.4) is 0 Å². The second kappa shape index (κ2) is 6.51. The van der Waals surface area contributed by atoms with Gasteiger partial charge in [0.2, 0.25) is 0 Å². The SMILES string of the molecule is Cc1ccc(CN2CC(C)CN(C)CC2CN)cc1. The largest absolute Gasteiger partial charge is 0.329 e. The molecule has 1 aliphatic heterocycles. The van der Waals surface area contributed by atoms with Crippen molar-refractivity contribution in [1.29, 1.82) is 0 Å². The fourth-order valence-electron chi connectivity index (χ4n) is 3.03. The van der Waals surface area contributed by atoms with Gasteiger partial charge in [0.05, 0.1) is 0 Å². The predicted octanol–water partition coefficient (Wildman–Crippen LogP) is 1.71. The summed E-state index contributed by atoms with van der Waals surface area (Å²) in [4.78, 5) is 4.97. The molecule has 1 heterocycles. The highest BCUT2D eigenvalue weighted by Crippen LogP contribution is 2.16. The first-order valence-corrected chi connectivity index (χ1v) is 7.26. The van der Waals surface area contributed by atoms with Crippen LogP contribution in [0, 0.1) is 12.8 Å². The van der Waals surface area contributed by atoms with Gasteiger partial charge in [0.15, 0.2) is 0 Å². The molecule has 0 spiro atoms. The maximum atomic E-state index is 5.98. The molecule has 2 rings (SSSR count). The minimum atomic E-state index is 0.469. The molecule has 2 unspecified atom stereocenters. The average molecular weight is 261 g/mol. The van der Waals surface area contributed by atoms with Crippen LogP contribution < -0.4 is 5.73 Å². The zero-order valence-electron chi connectivity index (χ0n) is 12.5. The Balaban J connectivity index is 2.08. The van der Waals surface area contributed by atoms with Crippen molar-refractivity contribution < 1.29 is 0 Å². The molecule has 0 saturated carbocycles. The molecule has 0 aromatic heterocycles. The zero-order valence-corrected chi connectivity index (χ0v) is 12.5. The van der Waals surface area contributed by atoms with E-state index in [0.717, 1.165) is 26.2 Å². The molecular weight excluding hydrogens is 234 g/mol. The molecule has 0 radical (unpaired) electrons. The fourth-order valence-corrected chi connectivity index (χ4v) is 3.03.